The average molecular weight is 457 g/mol. The number of ether oxygens (including phenoxy) is 1. The van der Waals surface area contributed by atoms with Crippen LogP contribution >= 0.6 is 0 Å². The number of pyridine rings is 1. The third-order valence-corrected chi connectivity index (χ3v) is 4.87. The number of amides is 2. The molecular formula is C24H19N5O5. The van der Waals surface area contributed by atoms with Gasteiger partial charge < -0.3 is 20.4 Å². The molecule has 0 unspecified atom stereocenters. The van der Waals surface area contributed by atoms with E-state index in [0.29, 0.717) is 28.1 Å². The van der Waals surface area contributed by atoms with Crippen molar-refractivity contribution in [3.8, 4) is 11.5 Å². The lowest BCUT2D eigenvalue weighted by Crippen LogP contribution is -2.18. The highest BCUT2D eigenvalue weighted by Crippen LogP contribution is 2.25. The van der Waals surface area contributed by atoms with Crippen LogP contribution in [0.5, 0.6) is 11.5 Å². The molecule has 0 atom stereocenters. The number of aromatic nitrogens is 2. The molecule has 10 nitrogen and oxygen atoms in total. The molecule has 0 saturated heterocycles. The quantitative estimate of drug-likeness (QED) is 0.215. The van der Waals surface area contributed by atoms with E-state index < -0.39 is 4.92 Å². The van der Waals surface area contributed by atoms with E-state index in [0.717, 1.165) is 5.52 Å². The largest absolute Gasteiger partial charge is 0.457 e. The lowest BCUT2D eigenvalue weighted by molar-refractivity contribution is -0.384. The van der Waals surface area contributed by atoms with Crippen molar-refractivity contribution in [3.05, 3.63) is 94.4 Å². The molecule has 0 bridgehead atoms. The van der Waals surface area contributed by atoms with Crippen LogP contribution in [0.25, 0.3) is 17.0 Å². The molecule has 0 fully saturated rings. The molecular weight excluding hydrogens is 438 g/mol. The summed E-state index contributed by atoms with van der Waals surface area (Å²) in [6, 6.07) is 14.4. The summed E-state index contributed by atoms with van der Waals surface area (Å²) in [6.07, 6.45) is 6.09. The molecule has 4 aromatic rings. The number of carbonyl (C=O) groups excluding carboxylic acids is 2. The normalized spacial score (nSPS) is 10.9. The number of hydrogen-bond donors (Lipinski definition) is 3. The predicted octanol–water partition coefficient (Wildman–Crippen LogP) is 4.27. The van der Waals surface area contributed by atoms with Crippen LogP contribution in [0.1, 0.15) is 16.1 Å². The molecule has 2 aromatic carbocycles. The fourth-order valence-electron chi connectivity index (χ4n) is 3.20. The molecule has 4 rings (SSSR count). The number of nitro groups is 1. The van der Waals surface area contributed by atoms with Crippen LogP contribution in [0.2, 0.25) is 0 Å². The first-order valence-electron chi connectivity index (χ1n) is 10.1. The first kappa shape index (κ1) is 22.2. The summed E-state index contributed by atoms with van der Waals surface area (Å²) in [5.74, 6) is 0.287. The van der Waals surface area contributed by atoms with E-state index in [9.17, 15) is 19.7 Å². The number of fused-ring (bicyclic) bond motifs is 1. The Morgan fingerprint density at radius 1 is 1.09 bits per heavy atom. The minimum atomic E-state index is -0.463. The topological polar surface area (TPSA) is 139 Å². The predicted molar refractivity (Wildman–Crippen MR) is 127 cm³/mol. The summed E-state index contributed by atoms with van der Waals surface area (Å²) in [5.41, 5.74) is 2.16. The average Bonchev–Trinajstić information content (AvgIpc) is 3.26. The number of anilines is 1. The Hall–Kier alpha value is -4.99. The number of carbonyl (C=O) groups is 2. The van der Waals surface area contributed by atoms with Crippen molar-refractivity contribution in [2.24, 2.45) is 0 Å². The maximum atomic E-state index is 12.3. The number of benzene rings is 2. The summed E-state index contributed by atoms with van der Waals surface area (Å²) in [7, 11) is 1.52. The molecule has 0 aliphatic carbocycles. The zero-order valence-electron chi connectivity index (χ0n) is 17.9. The van der Waals surface area contributed by atoms with Crippen molar-refractivity contribution in [2.45, 2.75) is 0 Å². The smallest absolute Gasteiger partial charge is 0.270 e. The summed E-state index contributed by atoms with van der Waals surface area (Å²) in [5, 5.41) is 16.9. The van der Waals surface area contributed by atoms with Crippen molar-refractivity contribution < 1.29 is 19.2 Å². The first-order valence-corrected chi connectivity index (χ1v) is 10.1. The van der Waals surface area contributed by atoms with Crippen molar-refractivity contribution in [3.63, 3.8) is 0 Å². The Balaban J connectivity index is 1.40. The molecule has 0 spiro atoms. The Morgan fingerprint density at radius 3 is 2.62 bits per heavy atom. The number of H-pyrrole nitrogens is 1. The molecule has 0 saturated carbocycles. The van der Waals surface area contributed by atoms with E-state index in [1.165, 1.54) is 37.5 Å². The van der Waals surface area contributed by atoms with Crippen molar-refractivity contribution in [1.29, 1.82) is 0 Å². The number of hydrogen-bond acceptors (Lipinski definition) is 6. The van der Waals surface area contributed by atoms with Crippen LogP contribution in [0.3, 0.4) is 0 Å². The summed E-state index contributed by atoms with van der Waals surface area (Å²) in [6.45, 7) is 0. The standard InChI is InChI=1S/C24H19N5O5/c1-25-24(31)22-13-19(10-11-26-22)34-18-6-3-16(4-7-18)28-23(30)9-2-15-14-27-21-8-5-17(29(32)33)12-20(15)21/h2-14,27H,1H3,(H,25,31)(H,28,30)/b9-2+. The lowest BCUT2D eigenvalue weighted by Gasteiger charge is -2.08. The Kier molecular flexibility index (Phi) is 6.31. The van der Waals surface area contributed by atoms with Crippen molar-refractivity contribution in [1.82, 2.24) is 15.3 Å². The number of nitrogens with one attached hydrogen (secondary N) is 3. The Bertz CT molecular complexity index is 1410. The zero-order valence-corrected chi connectivity index (χ0v) is 17.9. The highest BCUT2D eigenvalue weighted by molar-refractivity contribution is 6.03. The number of non-ortho nitro benzene ring substituents is 1. The van der Waals surface area contributed by atoms with Gasteiger partial charge in [0, 0.05) is 65.9 Å². The highest BCUT2D eigenvalue weighted by Gasteiger charge is 2.10. The summed E-state index contributed by atoms with van der Waals surface area (Å²) in [4.78, 5) is 41.6. The minimum Gasteiger partial charge on any atom is -0.457 e. The van der Waals surface area contributed by atoms with Gasteiger partial charge in [-0.15, -0.1) is 0 Å². The van der Waals surface area contributed by atoms with Crippen LogP contribution in [0.4, 0.5) is 11.4 Å². The van der Waals surface area contributed by atoms with Gasteiger partial charge >= 0.3 is 0 Å². The van der Waals surface area contributed by atoms with E-state index in [2.05, 4.69) is 20.6 Å². The van der Waals surface area contributed by atoms with Gasteiger partial charge in [0.2, 0.25) is 5.91 Å². The van der Waals surface area contributed by atoms with E-state index in [4.69, 9.17) is 4.74 Å². The summed E-state index contributed by atoms with van der Waals surface area (Å²) < 4.78 is 5.74. The monoisotopic (exact) mass is 457 g/mol. The van der Waals surface area contributed by atoms with Gasteiger partial charge in [0.05, 0.1) is 4.92 Å². The van der Waals surface area contributed by atoms with Gasteiger partial charge in [-0.1, -0.05) is 0 Å². The van der Waals surface area contributed by atoms with Crippen LogP contribution in [-0.4, -0.2) is 33.8 Å². The molecule has 10 heteroatoms. The molecule has 0 aliphatic rings. The molecule has 3 N–H and O–H groups in total. The second-order valence-corrected chi connectivity index (χ2v) is 7.14. The van der Waals surface area contributed by atoms with Crippen molar-refractivity contribution >= 4 is 40.2 Å². The number of aromatic amines is 1. The maximum Gasteiger partial charge on any atom is 0.270 e. The minimum absolute atomic E-state index is 0.0230. The molecule has 2 aromatic heterocycles. The van der Waals surface area contributed by atoms with Crippen LogP contribution in [-0.2, 0) is 4.79 Å². The van der Waals surface area contributed by atoms with Gasteiger partial charge in [0.15, 0.2) is 0 Å². The zero-order chi connectivity index (χ0) is 24.1. The number of nitrogens with zero attached hydrogens (tertiary/aromatic N) is 2. The molecule has 2 heterocycles. The van der Waals surface area contributed by atoms with Crippen molar-refractivity contribution in [2.75, 3.05) is 12.4 Å². The second kappa shape index (κ2) is 9.65. The Labute approximate surface area is 193 Å². The van der Waals surface area contributed by atoms with Crippen LogP contribution < -0.4 is 15.4 Å². The molecule has 170 valence electrons. The highest BCUT2D eigenvalue weighted by atomic mass is 16.6. The molecule has 34 heavy (non-hydrogen) atoms. The Morgan fingerprint density at radius 2 is 1.88 bits per heavy atom. The fraction of sp³-hybridized carbons (Fsp3) is 0.0417. The SMILES string of the molecule is CNC(=O)c1cc(Oc2ccc(NC(=O)/C=C/c3c[nH]c4ccc([N+](=O)[O-])cc34)cc2)ccn1. The third-order valence-electron chi connectivity index (χ3n) is 4.87. The fourth-order valence-corrected chi connectivity index (χ4v) is 3.20. The lowest BCUT2D eigenvalue weighted by atomic mass is 10.1. The van der Waals surface area contributed by atoms with Crippen LogP contribution in [0, 0.1) is 10.1 Å². The maximum absolute atomic E-state index is 12.3. The van der Waals surface area contributed by atoms with Gasteiger partial charge in [0.25, 0.3) is 11.6 Å². The molecule has 2 amide bonds. The number of nitro benzene ring substituents is 1. The molecule has 0 radical (unpaired) electrons. The van der Waals surface area contributed by atoms with Gasteiger partial charge in [-0.05, 0) is 42.5 Å². The first-order chi connectivity index (χ1) is 16.4. The van der Waals surface area contributed by atoms with E-state index in [1.54, 1.807) is 48.7 Å². The summed E-state index contributed by atoms with van der Waals surface area (Å²) >= 11 is 0. The third kappa shape index (κ3) is 5.07. The molecule has 0 aliphatic heterocycles. The van der Waals surface area contributed by atoms with E-state index >= 15 is 0 Å². The second-order valence-electron chi connectivity index (χ2n) is 7.14. The van der Waals surface area contributed by atoms with E-state index in [-0.39, 0.29) is 23.2 Å². The van der Waals surface area contributed by atoms with Gasteiger partial charge in [-0.2, -0.15) is 0 Å². The number of rotatable bonds is 7. The van der Waals surface area contributed by atoms with Gasteiger partial charge in [-0.3, -0.25) is 24.7 Å². The van der Waals surface area contributed by atoms with Gasteiger partial charge in [0.1, 0.15) is 17.2 Å². The van der Waals surface area contributed by atoms with Crippen LogP contribution in [0.15, 0.2) is 73.1 Å². The van der Waals surface area contributed by atoms with Gasteiger partial charge in [-0.25, -0.2) is 0 Å². The van der Waals surface area contributed by atoms with E-state index in [1.807, 2.05) is 0 Å².